The van der Waals surface area contributed by atoms with E-state index in [1.807, 2.05) is 0 Å². The molecule has 0 spiro atoms. The Bertz CT molecular complexity index is 400. The molecule has 0 amide bonds. The predicted octanol–water partition coefficient (Wildman–Crippen LogP) is 4.00. The lowest BCUT2D eigenvalue weighted by molar-refractivity contribution is 0.188. The van der Waals surface area contributed by atoms with Gasteiger partial charge in [-0.3, -0.25) is 4.57 Å². The molecule has 0 saturated heterocycles. The Morgan fingerprint density at radius 1 is 1.25 bits per heavy atom. The average Bonchev–Trinajstić information content (AvgIpc) is 2.97. The summed E-state index contributed by atoms with van der Waals surface area (Å²) in [7, 11) is -2.41. The van der Waals surface area contributed by atoms with Crippen molar-refractivity contribution < 1.29 is 9.09 Å². The van der Waals surface area contributed by atoms with Crippen LogP contribution < -0.4 is 0 Å². The topological polar surface area (TPSA) is 26.3 Å². The van der Waals surface area contributed by atoms with E-state index < -0.39 is 7.37 Å². The van der Waals surface area contributed by atoms with Crippen LogP contribution in [0, 0.1) is 12.8 Å². The van der Waals surface area contributed by atoms with Crippen molar-refractivity contribution in [1.82, 2.24) is 0 Å². The van der Waals surface area contributed by atoms with Crippen molar-refractivity contribution >= 4 is 7.37 Å². The molecule has 0 bridgehead atoms. The third-order valence-electron chi connectivity index (χ3n) is 2.82. The van der Waals surface area contributed by atoms with Crippen molar-refractivity contribution in [3.63, 3.8) is 0 Å². The van der Waals surface area contributed by atoms with Crippen LogP contribution in [0.3, 0.4) is 0 Å². The van der Waals surface area contributed by atoms with E-state index in [0.717, 1.165) is 5.56 Å². The van der Waals surface area contributed by atoms with Gasteiger partial charge < -0.3 is 4.52 Å². The van der Waals surface area contributed by atoms with Gasteiger partial charge in [-0.25, -0.2) is 0 Å². The number of benzene rings is 1. The third-order valence-corrected chi connectivity index (χ3v) is 3.56. The molecule has 1 aromatic rings. The smallest absolute Gasteiger partial charge is 0.197 e. The minimum Gasteiger partial charge on any atom is -0.320 e. The molecule has 1 aliphatic rings. The summed E-state index contributed by atoms with van der Waals surface area (Å²) in [5, 5.41) is 0. The zero-order valence-corrected chi connectivity index (χ0v) is 11.0. The fraction of sp³-hybridized carbons (Fsp3) is 0.538. The van der Waals surface area contributed by atoms with Crippen molar-refractivity contribution in [1.29, 1.82) is 0 Å². The lowest BCUT2D eigenvalue weighted by Gasteiger charge is -2.20. The summed E-state index contributed by atoms with van der Waals surface area (Å²) in [6.45, 7) is 5.45. The predicted molar refractivity (Wildman–Crippen MR) is 67.2 cm³/mol. The first-order valence-electron chi connectivity index (χ1n) is 5.76. The van der Waals surface area contributed by atoms with Crippen molar-refractivity contribution in [2.45, 2.75) is 25.9 Å². The third kappa shape index (κ3) is 3.20. The van der Waals surface area contributed by atoms with Crippen molar-refractivity contribution in [3.8, 4) is 0 Å². The van der Waals surface area contributed by atoms with Crippen LogP contribution in [0.25, 0.3) is 0 Å². The summed E-state index contributed by atoms with van der Waals surface area (Å²) < 4.78 is 17.5. The zero-order chi connectivity index (χ0) is 11.8. The highest BCUT2D eigenvalue weighted by Gasteiger charge is 2.35. The summed E-state index contributed by atoms with van der Waals surface area (Å²) in [6.07, 6.45) is 2.42. The molecule has 0 aromatic heterocycles. The molecule has 2 nitrogen and oxygen atoms in total. The van der Waals surface area contributed by atoms with Crippen LogP contribution in [0.2, 0.25) is 0 Å². The first kappa shape index (κ1) is 11.9. The van der Waals surface area contributed by atoms with Crippen molar-refractivity contribution in [2.24, 2.45) is 5.92 Å². The number of rotatable bonds is 4. The summed E-state index contributed by atoms with van der Waals surface area (Å²) in [5.41, 5.74) is 2.41. The first-order valence-corrected chi connectivity index (χ1v) is 8.27. The Hall–Kier alpha value is -0.590. The maximum absolute atomic E-state index is 11.8. The van der Waals surface area contributed by atoms with Crippen LogP contribution in [0.1, 0.15) is 30.1 Å². The second-order valence-corrected chi connectivity index (χ2v) is 7.74. The first-order chi connectivity index (χ1) is 7.46. The van der Waals surface area contributed by atoms with Crippen molar-refractivity contribution in [2.75, 3.05) is 13.3 Å². The van der Waals surface area contributed by atoms with Crippen LogP contribution in [-0.2, 0) is 9.09 Å². The summed E-state index contributed by atoms with van der Waals surface area (Å²) in [4.78, 5) is 0. The normalized spacial score (nSPS) is 18.4. The molecule has 1 unspecified atom stereocenters. The SMILES string of the molecule is Cc1ccc(C(OP(C)(C)=O)C2CC2)cc1. The van der Waals surface area contributed by atoms with Gasteiger partial charge in [0.1, 0.15) is 0 Å². The highest BCUT2D eigenvalue weighted by Crippen LogP contribution is 2.52. The molecule has 0 radical (unpaired) electrons. The van der Waals surface area contributed by atoms with Gasteiger partial charge in [0.15, 0.2) is 7.37 Å². The summed E-state index contributed by atoms with van der Waals surface area (Å²) in [5.74, 6) is 0.566. The van der Waals surface area contributed by atoms with E-state index in [1.165, 1.54) is 18.4 Å². The maximum atomic E-state index is 11.8. The summed E-state index contributed by atoms with van der Waals surface area (Å²) >= 11 is 0. The molecule has 1 atom stereocenters. The van der Waals surface area contributed by atoms with E-state index in [4.69, 9.17) is 4.52 Å². The fourth-order valence-corrected chi connectivity index (χ4v) is 2.69. The van der Waals surface area contributed by atoms with Gasteiger partial charge in [0, 0.05) is 13.3 Å². The van der Waals surface area contributed by atoms with E-state index >= 15 is 0 Å². The van der Waals surface area contributed by atoms with Gasteiger partial charge >= 0.3 is 0 Å². The lowest BCUT2D eigenvalue weighted by Crippen LogP contribution is -2.04. The van der Waals surface area contributed by atoms with Gasteiger partial charge in [-0.15, -0.1) is 0 Å². The second-order valence-electron chi connectivity index (χ2n) is 5.03. The average molecular weight is 238 g/mol. The number of hydrogen-bond donors (Lipinski definition) is 0. The molecule has 0 aliphatic heterocycles. The Balaban J connectivity index is 2.19. The standard InChI is InChI=1S/C13H19O2P/c1-10-4-6-11(7-5-10)13(12-8-9-12)15-16(2,3)14/h4-7,12-13H,8-9H2,1-3H3. The largest absolute Gasteiger partial charge is 0.320 e. The van der Waals surface area contributed by atoms with Gasteiger partial charge in [0.2, 0.25) is 0 Å². The second kappa shape index (κ2) is 4.35. The fourth-order valence-electron chi connectivity index (χ4n) is 1.85. The maximum Gasteiger partial charge on any atom is 0.197 e. The zero-order valence-electron chi connectivity index (χ0n) is 10.1. The van der Waals surface area contributed by atoms with Crippen LogP contribution in [0.4, 0.5) is 0 Å². The van der Waals surface area contributed by atoms with Gasteiger partial charge in [0.25, 0.3) is 0 Å². The summed E-state index contributed by atoms with van der Waals surface area (Å²) in [6, 6.07) is 8.36. The van der Waals surface area contributed by atoms with E-state index in [1.54, 1.807) is 13.3 Å². The highest BCUT2D eigenvalue weighted by molar-refractivity contribution is 7.57. The minimum atomic E-state index is -2.41. The Kier molecular flexibility index (Phi) is 3.23. The molecular weight excluding hydrogens is 219 g/mol. The number of aryl methyl sites for hydroxylation is 1. The van der Waals surface area contributed by atoms with Gasteiger partial charge in [0.05, 0.1) is 6.10 Å². The molecule has 0 heterocycles. The molecule has 1 saturated carbocycles. The van der Waals surface area contributed by atoms with E-state index in [-0.39, 0.29) is 6.10 Å². The minimum absolute atomic E-state index is 0.0291. The van der Waals surface area contributed by atoms with Gasteiger partial charge in [-0.2, -0.15) is 0 Å². The Morgan fingerprint density at radius 2 is 1.81 bits per heavy atom. The van der Waals surface area contributed by atoms with Crippen LogP contribution >= 0.6 is 7.37 Å². The number of hydrogen-bond acceptors (Lipinski definition) is 2. The molecule has 2 rings (SSSR count). The van der Waals surface area contributed by atoms with Crippen LogP contribution in [-0.4, -0.2) is 13.3 Å². The Morgan fingerprint density at radius 3 is 2.25 bits per heavy atom. The van der Waals surface area contributed by atoms with E-state index in [2.05, 4.69) is 31.2 Å². The molecule has 16 heavy (non-hydrogen) atoms. The monoisotopic (exact) mass is 238 g/mol. The van der Waals surface area contributed by atoms with Crippen LogP contribution in [0.15, 0.2) is 24.3 Å². The van der Waals surface area contributed by atoms with E-state index in [9.17, 15) is 4.57 Å². The molecule has 1 aliphatic carbocycles. The molecule has 1 fully saturated rings. The van der Waals surface area contributed by atoms with Crippen LogP contribution in [0.5, 0.6) is 0 Å². The quantitative estimate of drug-likeness (QED) is 0.741. The van der Waals surface area contributed by atoms with Gasteiger partial charge in [-0.1, -0.05) is 29.8 Å². The molecule has 0 N–H and O–H groups in total. The lowest BCUT2D eigenvalue weighted by atomic mass is 10.0. The molecule has 88 valence electrons. The van der Waals surface area contributed by atoms with Crippen molar-refractivity contribution in [3.05, 3.63) is 35.4 Å². The van der Waals surface area contributed by atoms with E-state index in [0.29, 0.717) is 5.92 Å². The Labute approximate surface area is 97.5 Å². The van der Waals surface area contributed by atoms with Gasteiger partial charge in [-0.05, 0) is 31.2 Å². The molecule has 1 aromatic carbocycles. The molecule has 3 heteroatoms. The highest BCUT2D eigenvalue weighted by atomic mass is 31.2. The molecular formula is C13H19O2P.